The van der Waals surface area contributed by atoms with Gasteiger partial charge in [0.1, 0.15) is 11.6 Å². The molecule has 4 nitrogen and oxygen atoms in total. The van der Waals surface area contributed by atoms with Gasteiger partial charge in [-0.2, -0.15) is 0 Å². The fourth-order valence-electron chi connectivity index (χ4n) is 2.14. The van der Waals surface area contributed by atoms with Crippen LogP contribution in [0.5, 0.6) is 5.75 Å². The summed E-state index contributed by atoms with van der Waals surface area (Å²) in [6.45, 7) is 2.02. The molecule has 0 atom stereocenters. The van der Waals surface area contributed by atoms with Crippen molar-refractivity contribution in [1.29, 1.82) is 0 Å². The lowest BCUT2D eigenvalue weighted by atomic mass is 10.2. The first-order valence-electron chi connectivity index (χ1n) is 6.91. The number of aromatic nitrogens is 1. The summed E-state index contributed by atoms with van der Waals surface area (Å²) >= 11 is 0. The highest BCUT2D eigenvalue weighted by molar-refractivity contribution is 5.49. The maximum absolute atomic E-state index is 13.3. The Labute approximate surface area is 124 Å². The van der Waals surface area contributed by atoms with Crippen molar-refractivity contribution in [1.82, 2.24) is 4.98 Å². The molecule has 0 saturated heterocycles. The molecule has 0 amide bonds. The van der Waals surface area contributed by atoms with E-state index in [1.807, 2.05) is 24.3 Å². The zero-order valence-corrected chi connectivity index (χ0v) is 12.1. The van der Waals surface area contributed by atoms with E-state index in [0.29, 0.717) is 13.1 Å². The van der Waals surface area contributed by atoms with Gasteiger partial charge in [0.25, 0.3) is 0 Å². The predicted molar refractivity (Wildman–Crippen MR) is 81.9 cm³/mol. The summed E-state index contributed by atoms with van der Waals surface area (Å²) < 4.78 is 18.4. The van der Waals surface area contributed by atoms with Crippen LogP contribution in [0.25, 0.3) is 0 Å². The Kier molecular flexibility index (Phi) is 5.51. The molecule has 0 unspecified atom stereocenters. The average Bonchev–Trinajstić information content (AvgIpc) is 2.51. The van der Waals surface area contributed by atoms with Crippen LogP contribution < -0.4 is 15.4 Å². The highest BCUT2D eigenvalue weighted by Gasteiger charge is 2.08. The predicted octanol–water partition coefficient (Wildman–Crippen LogP) is 2.58. The third-order valence-corrected chi connectivity index (χ3v) is 3.20. The van der Waals surface area contributed by atoms with Crippen molar-refractivity contribution in [3.8, 4) is 5.75 Å². The Balaban J connectivity index is 2.16. The molecule has 1 aromatic heterocycles. The zero-order valence-electron chi connectivity index (χ0n) is 12.1. The summed E-state index contributed by atoms with van der Waals surface area (Å²) in [6.07, 6.45) is 3.76. The van der Waals surface area contributed by atoms with Crippen LogP contribution in [0, 0.1) is 5.82 Å². The van der Waals surface area contributed by atoms with Crippen molar-refractivity contribution in [2.45, 2.75) is 13.0 Å². The first-order chi connectivity index (χ1) is 10.2. The molecule has 0 aliphatic rings. The molecule has 112 valence electrons. The number of hydrogen-bond donors (Lipinski definition) is 1. The van der Waals surface area contributed by atoms with Crippen LogP contribution in [-0.4, -0.2) is 25.2 Å². The van der Waals surface area contributed by atoms with Crippen LogP contribution in [0.15, 0.2) is 42.7 Å². The molecule has 2 rings (SSSR count). The van der Waals surface area contributed by atoms with Crippen LogP contribution >= 0.6 is 0 Å². The van der Waals surface area contributed by atoms with Gasteiger partial charge in [-0.3, -0.25) is 4.98 Å². The molecular weight excluding hydrogens is 269 g/mol. The van der Waals surface area contributed by atoms with E-state index < -0.39 is 0 Å². The van der Waals surface area contributed by atoms with Crippen molar-refractivity contribution in [3.63, 3.8) is 0 Å². The molecule has 2 aromatic rings. The second kappa shape index (κ2) is 7.59. The van der Waals surface area contributed by atoms with E-state index in [4.69, 9.17) is 10.5 Å². The smallest absolute Gasteiger partial charge is 0.141 e. The molecule has 0 saturated carbocycles. The largest absolute Gasteiger partial charge is 0.497 e. The number of pyridine rings is 1. The van der Waals surface area contributed by atoms with E-state index >= 15 is 0 Å². The van der Waals surface area contributed by atoms with Crippen LogP contribution in [0.2, 0.25) is 0 Å². The number of halogens is 1. The molecule has 2 N–H and O–H groups in total. The van der Waals surface area contributed by atoms with Gasteiger partial charge in [0, 0.05) is 25.0 Å². The van der Waals surface area contributed by atoms with Gasteiger partial charge in [0.05, 0.1) is 13.3 Å². The summed E-state index contributed by atoms with van der Waals surface area (Å²) in [6, 6.07) is 9.30. The molecule has 21 heavy (non-hydrogen) atoms. The second-order valence-electron chi connectivity index (χ2n) is 4.77. The standard InChI is InChI=1S/C16H20FN3O/c1-21-16-5-3-15(4-6-16)20(8-2-7-18)12-13-9-14(17)11-19-10-13/h3-6,9-11H,2,7-8,12,18H2,1H3. The minimum absolute atomic E-state index is 0.319. The lowest BCUT2D eigenvalue weighted by Gasteiger charge is -2.25. The Morgan fingerprint density at radius 2 is 2.00 bits per heavy atom. The van der Waals surface area contributed by atoms with Crippen molar-refractivity contribution < 1.29 is 9.13 Å². The number of anilines is 1. The molecule has 0 bridgehead atoms. The molecule has 1 aromatic carbocycles. The lowest BCUT2D eigenvalue weighted by Crippen LogP contribution is -2.25. The Morgan fingerprint density at radius 1 is 1.24 bits per heavy atom. The van der Waals surface area contributed by atoms with Crippen LogP contribution in [0.3, 0.4) is 0 Å². The SMILES string of the molecule is COc1ccc(N(CCCN)Cc2cncc(F)c2)cc1. The number of nitrogens with zero attached hydrogens (tertiary/aromatic N) is 2. The summed E-state index contributed by atoms with van der Waals surface area (Å²) in [7, 11) is 1.64. The number of nitrogens with two attached hydrogens (primary N) is 1. The van der Waals surface area contributed by atoms with Crippen molar-refractivity contribution >= 4 is 5.69 Å². The van der Waals surface area contributed by atoms with Crippen LogP contribution in [0.1, 0.15) is 12.0 Å². The Morgan fingerprint density at radius 3 is 2.62 bits per heavy atom. The molecular formula is C16H20FN3O. The second-order valence-corrected chi connectivity index (χ2v) is 4.77. The summed E-state index contributed by atoms with van der Waals surface area (Å²) in [5.74, 6) is 0.492. The molecule has 0 radical (unpaired) electrons. The third kappa shape index (κ3) is 4.43. The monoisotopic (exact) mass is 289 g/mol. The van der Waals surface area contributed by atoms with E-state index in [1.165, 1.54) is 12.3 Å². The normalized spacial score (nSPS) is 10.4. The molecule has 1 heterocycles. The summed E-state index contributed by atoms with van der Waals surface area (Å²) in [5, 5.41) is 0. The number of ether oxygens (including phenoxy) is 1. The van der Waals surface area contributed by atoms with Gasteiger partial charge in [0.15, 0.2) is 0 Å². The van der Waals surface area contributed by atoms with E-state index in [2.05, 4.69) is 9.88 Å². The van der Waals surface area contributed by atoms with Gasteiger partial charge in [-0.15, -0.1) is 0 Å². The Hall–Kier alpha value is -2.14. The van der Waals surface area contributed by atoms with Crippen LogP contribution in [-0.2, 0) is 6.54 Å². The quantitative estimate of drug-likeness (QED) is 0.851. The van der Waals surface area contributed by atoms with Crippen molar-refractivity contribution in [3.05, 3.63) is 54.1 Å². The molecule has 0 aliphatic carbocycles. The first kappa shape index (κ1) is 15.3. The number of benzene rings is 1. The topological polar surface area (TPSA) is 51.4 Å². The summed E-state index contributed by atoms with van der Waals surface area (Å²) in [5.41, 5.74) is 7.48. The minimum atomic E-state index is -0.319. The van der Waals surface area contributed by atoms with Gasteiger partial charge in [-0.05, 0) is 48.9 Å². The van der Waals surface area contributed by atoms with E-state index in [0.717, 1.165) is 30.0 Å². The van der Waals surface area contributed by atoms with Crippen molar-refractivity contribution in [2.75, 3.05) is 25.1 Å². The van der Waals surface area contributed by atoms with Gasteiger partial charge in [-0.25, -0.2) is 4.39 Å². The molecule has 0 spiro atoms. The zero-order chi connectivity index (χ0) is 15.1. The van der Waals surface area contributed by atoms with Gasteiger partial charge < -0.3 is 15.4 Å². The Bertz CT molecular complexity index is 560. The van der Waals surface area contributed by atoms with E-state index in [1.54, 1.807) is 13.3 Å². The fraction of sp³-hybridized carbons (Fsp3) is 0.312. The highest BCUT2D eigenvalue weighted by atomic mass is 19.1. The third-order valence-electron chi connectivity index (χ3n) is 3.20. The maximum atomic E-state index is 13.3. The van der Waals surface area contributed by atoms with Crippen LogP contribution in [0.4, 0.5) is 10.1 Å². The van der Waals surface area contributed by atoms with Gasteiger partial charge in [-0.1, -0.05) is 0 Å². The maximum Gasteiger partial charge on any atom is 0.141 e. The van der Waals surface area contributed by atoms with Crippen molar-refractivity contribution in [2.24, 2.45) is 5.73 Å². The number of hydrogen-bond acceptors (Lipinski definition) is 4. The summed E-state index contributed by atoms with van der Waals surface area (Å²) in [4.78, 5) is 6.05. The van der Waals surface area contributed by atoms with Gasteiger partial charge >= 0.3 is 0 Å². The fourth-order valence-corrected chi connectivity index (χ4v) is 2.14. The van der Waals surface area contributed by atoms with Gasteiger partial charge in [0.2, 0.25) is 0 Å². The molecule has 0 aliphatic heterocycles. The minimum Gasteiger partial charge on any atom is -0.497 e. The highest BCUT2D eigenvalue weighted by Crippen LogP contribution is 2.21. The lowest BCUT2D eigenvalue weighted by molar-refractivity contribution is 0.415. The van der Waals surface area contributed by atoms with E-state index in [-0.39, 0.29) is 5.82 Å². The van der Waals surface area contributed by atoms with E-state index in [9.17, 15) is 4.39 Å². The average molecular weight is 289 g/mol. The first-order valence-corrected chi connectivity index (χ1v) is 6.91. The molecule has 5 heteroatoms. The number of rotatable bonds is 7. The molecule has 0 fully saturated rings. The number of methoxy groups -OCH3 is 1.